The summed E-state index contributed by atoms with van der Waals surface area (Å²) in [5, 5.41) is 18.6. The number of non-ortho nitro benzene ring substituents is 1. The van der Waals surface area contributed by atoms with Gasteiger partial charge in [0.2, 0.25) is 0 Å². The Kier molecular flexibility index (Phi) is 10.0. The van der Waals surface area contributed by atoms with Gasteiger partial charge in [-0.2, -0.15) is 13.9 Å². The number of alkyl halides is 2. The molecule has 5 aromatic rings. The first-order valence-corrected chi connectivity index (χ1v) is 16.3. The number of sulfonamides is 1. The van der Waals surface area contributed by atoms with E-state index in [1.54, 1.807) is 19.1 Å². The molecule has 0 spiro atoms. The summed E-state index contributed by atoms with van der Waals surface area (Å²) in [6.07, 6.45) is 2.48. The maximum absolute atomic E-state index is 13.5. The first-order chi connectivity index (χ1) is 22.8. The van der Waals surface area contributed by atoms with Gasteiger partial charge >= 0.3 is 0 Å². The summed E-state index contributed by atoms with van der Waals surface area (Å²) >= 11 is 6.23. The number of nitrogens with zero attached hydrogens (tertiary/aromatic N) is 4. The van der Waals surface area contributed by atoms with E-state index in [-0.39, 0.29) is 17.1 Å². The number of aryl methyl sites for hydroxylation is 1. The van der Waals surface area contributed by atoms with E-state index >= 15 is 0 Å². The number of hydrogen-bond donors (Lipinski definition) is 3. The Labute approximate surface area is 279 Å². The zero-order valence-corrected chi connectivity index (χ0v) is 26.8. The van der Waals surface area contributed by atoms with Gasteiger partial charge in [0.15, 0.2) is 0 Å². The average Bonchev–Trinajstić information content (AvgIpc) is 3.04. The van der Waals surface area contributed by atoms with E-state index in [2.05, 4.69) is 25.6 Å². The zero-order chi connectivity index (χ0) is 34.6. The molecule has 13 nitrogen and oxygen atoms in total. The van der Waals surface area contributed by atoms with Gasteiger partial charge < -0.3 is 5.32 Å². The standard InChI is InChI=1S/C30H22ClF2N7O6S2/c1-17-3-2-14-39-27(17)36-26(35-19-8-11-22(12-9-19)47-30(32)33)24(29(39)42)16-34-37-28(41)23-13-10-21(40(43)44)15-25(23)48(45,46)38-20-6-4-18(31)5-7-20/h2-16,30,35,38H,1H3,(H,37,41)/b34-16-. The van der Waals surface area contributed by atoms with Crippen molar-refractivity contribution in [2.75, 3.05) is 10.0 Å². The van der Waals surface area contributed by atoms with E-state index < -0.39 is 48.3 Å². The normalized spacial score (nSPS) is 11.6. The summed E-state index contributed by atoms with van der Waals surface area (Å²) in [6.45, 7) is 1.74. The monoisotopic (exact) mass is 713 g/mol. The van der Waals surface area contributed by atoms with Crippen molar-refractivity contribution in [2.45, 2.75) is 22.5 Å². The van der Waals surface area contributed by atoms with Crippen LogP contribution in [0.3, 0.4) is 0 Å². The Bertz CT molecular complexity index is 2230. The number of halogens is 3. The fourth-order valence-corrected chi connectivity index (χ4v) is 6.27. The van der Waals surface area contributed by atoms with Crippen molar-refractivity contribution in [2.24, 2.45) is 5.10 Å². The van der Waals surface area contributed by atoms with Crippen LogP contribution in [0.25, 0.3) is 5.65 Å². The molecule has 5 rings (SSSR count). The second-order valence-corrected chi connectivity index (χ2v) is 13.0. The number of thioether (sulfide) groups is 1. The van der Waals surface area contributed by atoms with Crippen molar-refractivity contribution in [3.05, 3.63) is 127 Å². The lowest BCUT2D eigenvalue weighted by Crippen LogP contribution is -2.25. The van der Waals surface area contributed by atoms with E-state index in [1.165, 1.54) is 59.1 Å². The van der Waals surface area contributed by atoms with Gasteiger partial charge in [0, 0.05) is 39.6 Å². The van der Waals surface area contributed by atoms with Gasteiger partial charge in [0.1, 0.15) is 21.9 Å². The minimum atomic E-state index is -4.55. The van der Waals surface area contributed by atoms with Crippen LogP contribution in [-0.2, 0) is 10.0 Å². The van der Waals surface area contributed by atoms with E-state index in [4.69, 9.17) is 11.6 Å². The van der Waals surface area contributed by atoms with Crippen molar-refractivity contribution in [1.29, 1.82) is 0 Å². The highest BCUT2D eigenvalue weighted by molar-refractivity contribution is 7.99. The Morgan fingerprint density at radius 3 is 2.44 bits per heavy atom. The maximum atomic E-state index is 13.5. The van der Waals surface area contributed by atoms with Gasteiger partial charge in [-0.25, -0.2) is 18.8 Å². The first-order valence-electron chi connectivity index (χ1n) is 13.6. The number of fused-ring (bicyclic) bond motifs is 1. The summed E-state index contributed by atoms with van der Waals surface area (Å²) in [5.41, 5.74) is 1.84. The quantitative estimate of drug-likeness (QED) is 0.0624. The fraction of sp³-hybridized carbons (Fsp3) is 0.0667. The summed E-state index contributed by atoms with van der Waals surface area (Å²) in [6, 6.07) is 17.5. The summed E-state index contributed by atoms with van der Waals surface area (Å²) in [7, 11) is -4.55. The Balaban J connectivity index is 1.48. The molecule has 2 aromatic heterocycles. The second-order valence-electron chi connectivity index (χ2n) is 9.84. The minimum Gasteiger partial charge on any atom is -0.339 e. The highest BCUT2D eigenvalue weighted by Gasteiger charge is 2.26. The number of rotatable bonds is 11. The molecule has 0 aliphatic heterocycles. The number of aromatic nitrogens is 2. The van der Waals surface area contributed by atoms with Crippen LogP contribution in [0.5, 0.6) is 0 Å². The number of benzene rings is 3. The molecular formula is C30H22ClF2N7O6S2. The molecule has 0 saturated carbocycles. The van der Waals surface area contributed by atoms with Crippen LogP contribution in [0.4, 0.5) is 31.7 Å². The van der Waals surface area contributed by atoms with Crippen LogP contribution >= 0.6 is 23.4 Å². The molecule has 48 heavy (non-hydrogen) atoms. The highest BCUT2D eigenvalue weighted by atomic mass is 35.5. The molecule has 0 bridgehead atoms. The number of amides is 1. The molecule has 0 atom stereocenters. The molecule has 1 amide bonds. The predicted molar refractivity (Wildman–Crippen MR) is 178 cm³/mol. The molecule has 0 aliphatic rings. The SMILES string of the molecule is Cc1cccn2c(=O)c(/C=N\NC(=O)c3ccc([N+](=O)[O-])cc3S(=O)(=O)Nc3ccc(Cl)cc3)c(Nc3ccc(SC(F)F)cc3)nc12. The van der Waals surface area contributed by atoms with Gasteiger partial charge in [-0.3, -0.25) is 28.8 Å². The van der Waals surface area contributed by atoms with Crippen molar-refractivity contribution >= 4 is 74.0 Å². The lowest BCUT2D eigenvalue weighted by Gasteiger charge is -2.13. The number of anilines is 3. The van der Waals surface area contributed by atoms with Crippen LogP contribution in [0.2, 0.25) is 5.02 Å². The van der Waals surface area contributed by atoms with Crippen LogP contribution < -0.4 is 21.0 Å². The minimum absolute atomic E-state index is 0.0207. The largest absolute Gasteiger partial charge is 0.339 e. The van der Waals surface area contributed by atoms with Gasteiger partial charge in [-0.1, -0.05) is 29.4 Å². The topological polar surface area (TPSA) is 177 Å². The van der Waals surface area contributed by atoms with E-state index in [1.807, 2.05) is 0 Å². The summed E-state index contributed by atoms with van der Waals surface area (Å²) in [5.74, 6) is -3.65. The number of nitro groups is 1. The average molecular weight is 714 g/mol. The Morgan fingerprint density at radius 2 is 1.77 bits per heavy atom. The number of nitro benzene ring substituents is 1. The lowest BCUT2D eigenvalue weighted by atomic mass is 10.2. The van der Waals surface area contributed by atoms with Crippen molar-refractivity contribution in [3.8, 4) is 0 Å². The molecule has 2 heterocycles. The smallest absolute Gasteiger partial charge is 0.288 e. The fourth-order valence-electron chi connectivity index (χ4n) is 4.36. The van der Waals surface area contributed by atoms with Crippen molar-refractivity contribution in [1.82, 2.24) is 14.8 Å². The molecule has 0 unspecified atom stereocenters. The first kappa shape index (κ1) is 34.0. The number of nitrogens with one attached hydrogen (secondary N) is 3. The van der Waals surface area contributed by atoms with E-state index in [0.717, 1.165) is 24.4 Å². The predicted octanol–water partition coefficient (Wildman–Crippen LogP) is 6.19. The third-order valence-corrected chi connectivity index (χ3v) is 8.99. The number of hydrogen-bond acceptors (Lipinski definition) is 10. The summed E-state index contributed by atoms with van der Waals surface area (Å²) in [4.78, 5) is 41.5. The second kappa shape index (κ2) is 14.2. The molecule has 246 valence electrons. The van der Waals surface area contributed by atoms with Crippen molar-refractivity contribution < 1.29 is 26.9 Å². The Hall–Kier alpha value is -5.39. The summed E-state index contributed by atoms with van der Waals surface area (Å²) < 4.78 is 55.6. The van der Waals surface area contributed by atoms with Gasteiger partial charge in [0.05, 0.1) is 16.7 Å². The van der Waals surface area contributed by atoms with Gasteiger partial charge in [-0.05, 0) is 73.2 Å². The molecule has 0 saturated heterocycles. The van der Waals surface area contributed by atoms with E-state index in [9.17, 15) is 36.9 Å². The molecule has 0 fully saturated rings. The molecule has 18 heteroatoms. The molecule has 0 aliphatic carbocycles. The molecule has 3 N–H and O–H groups in total. The van der Waals surface area contributed by atoms with Crippen LogP contribution in [0.15, 0.2) is 105 Å². The third-order valence-electron chi connectivity index (χ3n) is 6.59. The van der Waals surface area contributed by atoms with Crippen LogP contribution in [0, 0.1) is 17.0 Å². The van der Waals surface area contributed by atoms with Crippen LogP contribution in [-0.4, -0.2) is 40.6 Å². The van der Waals surface area contributed by atoms with Crippen molar-refractivity contribution in [3.63, 3.8) is 0 Å². The molecule has 3 aromatic carbocycles. The van der Waals surface area contributed by atoms with Crippen LogP contribution in [0.1, 0.15) is 21.5 Å². The van der Waals surface area contributed by atoms with E-state index in [0.29, 0.717) is 38.6 Å². The van der Waals surface area contributed by atoms with Gasteiger partial charge in [-0.15, -0.1) is 0 Å². The number of carbonyl (C=O) groups excluding carboxylic acids is 1. The molecule has 0 radical (unpaired) electrons. The number of pyridine rings is 1. The number of carbonyl (C=O) groups is 1. The van der Waals surface area contributed by atoms with Gasteiger partial charge in [0.25, 0.3) is 32.9 Å². The number of hydrazone groups is 1. The third kappa shape index (κ3) is 7.76. The maximum Gasteiger partial charge on any atom is 0.288 e. The molecular weight excluding hydrogens is 692 g/mol. The Morgan fingerprint density at radius 1 is 1.08 bits per heavy atom. The highest BCUT2D eigenvalue weighted by Crippen LogP contribution is 2.28. The lowest BCUT2D eigenvalue weighted by molar-refractivity contribution is -0.385. The zero-order valence-electron chi connectivity index (χ0n) is 24.4.